The number of hydrogen-bond donors (Lipinski definition) is 1. The van der Waals surface area contributed by atoms with Crippen molar-refractivity contribution in [3.63, 3.8) is 0 Å². The highest BCUT2D eigenvalue weighted by Gasteiger charge is 2.05. The number of ether oxygens (including phenoxy) is 1. The number of hydrogen-bond acceptors (Lipinski definition) is 2. The van der Waals surface area contributed by atoms with Gasteiger partial charge in [-0.05, 0) is 0 Å². The summed E-state index contributed by atoms with van der Waals surface area (Å²) in [7, 11) is 1.54. The van der Waals surface area contributed by atoms with Gasteiger partial charge in [0.05, 0.1) is 12.5 Å². The summed E-state index contributed by atoms with van der Waals surface area (Å²) in [6.07, 6.45) is 0. The van der Waals surface area contributed by atoms with E-state index in [4.69, 9.17) is 5.73 Å². The molecule has 9 heavy (non-hydrogen) atoms. The summed E-state index contributed by atoms with van der Waals surface area (Å²) < 4.78 is 4.66. The molecule has 0 bridgehead atoms. The third kappa shape index (κ3) is 5.59. The van der Waals surface area contributed by atoms with Crippen molar-refractivity contribution in [3.05, 3.63) is 0 Å². The van der Waals surface area contributed by atoms with E-state index in [1.807, 2.05) is 0 Å². The molecule has 0 aromatic carbocycles. The Balaban J connectivity index is 0. The van der Waals surface area contributed by atoms with Crippen molar-refractivity contribution >= 4 is 18.3 Å². The van der Waals surface area contributed by atoms with Gasteiger partial charge in [0.2, 0.25) is 5.91 Å². The lowest BCUT2D eigenvalue weighted by atomic mass is 10.2. The maximum atomic E-state index is 10.2. The van der Waals surface area contributed by atoms with E-state index in [2.05, 4.69) is 4.74 Å². The molecule has 0 aliphatic heterocycles. The molecule has 1 unspecified atom stereocenters. The summed E-state index contributed by atoms with van der Waals surface area (Å²) in [6.45, 7) is 2.14. The van der Waals surface area contributed by atoms with Crippen LogP contribution in [0.2, 0.25) is 0 Å². The molecule has 0 heterocycles. The van der Waals surface area contributed by atoms with Crippen LogP contribution < -0.4 is 5.73 Å². The molecule has 0 aromatic rings. The van der Waals surface area contributed by atoms with E-state index in [9.17, 15) is 4.79 Å². The van der Waals surface area contributed by atoms with Gasteiger partial charge in [0.1, 0.15) is 0 Å². The predicted octanol–water partition coefficient (Wildman–Crippen LogP) is 0.176. The van der Waals surface area contributed by atoms with Crippen LogP contribution >= 0.6 is 12.4 Å². The Morgan fingerprint density at radius 3 is 2.33 bits per heavy atom. The molecule has 0 aliphatic carbocycles. The van der Waals surface area contributed by atoms with Gasteiger partial charge in [0.15, 0.2) is 0 Å². The molecule has 56 valence electrons. The van der Waals surface area contributed by atoms with Gasteiger partial charge >= 0.3 is 0 Å². The molecule has 0 spiro atoms. The van der Waals surface area contributed by atoms with Crippen LogP contribution in [0.4, 0.5) is 0 Å². The molecular weight excluding hydrogens is 142 g/mol. The van der Waals surface area contributed by atoms with Crippen LogP contribution in [-0.4, -0.2) is 19.6 Å². The van der Waals surface area contributed by atoms with Gasteiger partial charge in [0, 0.05) is 7.11 Å². The first kappa shape index (κ1) is 11.5. The second-order valence-corrected chi connectivity index (χ2v) is 1.76. The van der Waals surface area contributed by atoms with E-state index in [0.29, 0.717) is 6.61 Å². The van der Waals surface area contributed by atoms with Crippen molar-refractivity contribution < 1.29 is 9.53 Å². The Hall–Kier alpha value is -0.280. The number of methoxy groups -OCH3 is 1. The highest BCUT2D eigenvalue weighted by atomic mass is 35.5. The Labute approximate surface area is 61.0 Å². The fourth-order valence-electron chi connectivity index (χ4n) is 0.332. The molecule has 0 saturated carbocycles. The quantitative estimate of drug-likeness (QED) is 0.629. The lowest BCUT2D eigenvalue weighted by Gasteiger charge is -2.02. The molecule has 0 radical (unpaired) electrons. The highest BCUT2D eigenvalue weighted by molar-refractivity contribution is 5.85. The van der Waals surface area contributed by atoms with Gasteiger partial charge in [-0.3, -0.25) is 4.79 Å². The minimum atomic E-state index is -0.313. The van der Waals surface area contributed by atoms with Crippen molar-refractivity contribution in [1.82, 2.24) is 0 Å². The van der Waals surface area contributed by atoms with E-state index in [1.165, 1.54) is 0 Å². The van der Waals surface area contributed by atoms with Crippen LogP contribution in [0.3, 0.4) is 0 Å². The summed E-state index contributed by atoms with van der Waals surface area (Å²) in [4.78, 5) is 10.2. The normalized spacial score (nSPS) is 11.8. The first-order valence-corrected chi connectivity index (χ1v) is 2.46. The van der Waals surface area contributed by atoms with Crippen molar-refractivity contribution in [2.75, 3.05) is 13.7 Å². The molecule has 3 nitrogen and oxygen atoms in total. The maximum Gasteiger partial charge on any atom is 0.222 e. The van der Waals surface area contributed by atoms with Crippen LogP contribution in [0.1, 0.15) is 6.92 Å². The average Bonchev–Trinajstić information content (AvgIpc) is 1.67. The molecule has 1 atom stereocenters. The summed E-state index contributed by atoms with van der Waals surface area (Å²) in [6, 6.07) is 0. The third-order valence-electron chi connectivity index (χ3n) is 0.902. The number of nitrogens with two attached hydrogens (primary N) is 1. The summed E-state index contributed by atoms with van der Waals surface area (Å²) in [5.41, 5.74) is 4.90. The lowest BCUT2D eigenvalue weighted by molar-refractivity contribution is -0.122. The van der Waals surface area contributed by atoms with Gasteiger partial charge in [-0.1, -0.05) is 6.92 Å². The van der Waals surface area contributed by atoms with E-state index in [1.54, 1.807) is 14.0 Å². The molecular formula is C5H12ClNO2. The number of carbonyl (C=O) groups excluding carboxylic acids is 1. The number of amides is 1. The number of primary amides is 1. The fourth-order valence-corrected chi connectivity index (χ4v) is 0.332. The summed E-state index contributed by atoms with van der Waals surface area (Å²) in [5.74, 6) is -0.480. The minimum Gasteiger partial charge on any atom is -0.384 e. The first-order chi connectivity index (χ1) is 3.68. The van der Waals surface area contributed by atoms with E-state index < -0.39 is 0 Å². The molecule has 0 rings (SSSR count). The second-order valence-electron chi connectivity index (χ2n) is 1.76. The molecule has 2 N–H and O–H groups in total. The standard InChI is InChI=1S/C5H11NO2.ClH/c1-4(3-8-2)5(6)7;/h4H,3H2,1-2H3,(H2,6,7);1H. The molecule has 0 saturated heterocycles. The second kappa shape index (κ2) is 5.85. The van der Waals surface area contributed by atoms with Crippen LogP contribution in [-0.2, 0) is 9.53 Å². The topological polar surface area (TPSA) is 52.3 Å². The first-order valence-electron chi connectivity index (χ1n) is 2.46. The minimum absolute atomic E-state index is 0. The molecule has 0 aliphatic rings. The monoisotopic (exact) mass is 153 g/mol. The van der Waals surface area contributed by atoms with Gasteiger partial charge in [-0.2, -0.15) is 0 Å². The van der Waals surface area contributed by atoms with E-state index in [0.717, 1.165) is 0 Å². The number of carbonyl (C=O) groups is 1. The van der Waals surface area contributed by atoms with Crippen molar-refractivity contribution in [3.8, 4) is 0 Å². The molecule has 0 fully saturated rings. The van der Waals surface area contributed by atoms with Crippen LogP contribution in [0, 0.1) is 5.92 Å². The average molecular weight is 154 g/mol. The van der Waals surface area contributed by atoms with E-state index >= 15 is 0 Å². The van der Waals surface area contributed by atoms with Gasteiger partial charge in [-0.15, -0.1) is 12.4 Å². The van der Waals surface area contributed by atoms with E-state index in [-0.39, 0.29) is 24.2 Å². The van der Waals surface area contributed by atoms with Crippen LogP contribution in [0.5, 0.6) is 0 Å². The van der Waals surface area contributed by atoms with Crippen molar-refractivity contribution in [1.29, 1.82) is 0 Å². The smallest absolute Gasteiger partial charge is 0.222 e. The molecule has 0 aromatic heterocycles. The maximum absolute atomic E-state index is 10.2. The Morgan fingerprint density at radius 2 is 2.22 bits per heavy atom. The van der Waals surface area contributed by atoms with Crippen molar-refractivity contribution in [2.45, 2.75) is 6.92 Å². The molecule has 1 amide bonds. The lowest BCUT2D eigenvalue weighted by Crippen LogP contribution is -2.23. The fraction of sp³-hybridized carbons (Fsp3) is 0.800. The Kier molecular flexibility index (Phi) is 7.48. The third-order valence-corrected chi connectivity index (χ3v) is 0.902. The number of halogens is 1. The van der Waals surface area contributed by atoms with Gasteiger partial charge in [0.25, 0.3) is 0 Å². The SMILES string of the molecule is COCC(C)C(N)=O.Cl. The zero-order chi connectivity index (χ0) is 6.57. The highest BCUT2D eigenvalue weighted by Crippen LogP contribution is 1.90. The summed E-state index contributed by atoms with van der Waals surface area (Å²) >= 11 is 0. The van der Waals surface area contributed by atoms with Crippen molar-refractivity contribution in [2.24, 2.45) is 11.7 Å². The van der Waals surface area contributed by atoms with Gasteiger partial charge in [-0.25, -0.2) is 0 Å². The Morgan fingerprint density at radius 1 is 1.78 bits per heavy atom. The Bertz CT molecular complexity index is 87.0. The van der Waals surface area contributed by atoms with Crippen LogP contribution in [0.15, 0.2) is 0 Å². The largest absolute Gasteiger partial charge is 0.384 e. The van der Waals surface area contributed by atoms with Gasteiger partial charge < -0.3 is 10.5 Å². The molecule has 4 heteroatoms. The summed E-state index contributed by atoms with van der Waals surface area (Å²) in [5, 5.41) is 0. The zero-order valence-corrected chi connectivity index (χ0v) is 6.40. The predicted molar refractivity (Wildman–Crippen MR) is 37.5 cm³/mol. The van der Waals surface area contributed by atoms with Crippen LogP contribution in [0.25, 0.3) is 0 Å². The number of rotatable bonds is 3. The zero-order valence-electron chi connectivity index (χ0n) is 5.59.